The minimum Gasteiger partial charge on any atom is -0.726 e. The predicted molar refractivity (Wildman–Crippen MR) is 26.5 cm³/mol. The smallest absolute Gasteiger partial charge is 0.726 e. The van der Waals surface area contributed by atoms with Crippen molar-refractivity contribution in [3.8, 4) is 0 Å². The van der Waals surface area contributed by atoms with E-state index in [2.05, 4.69) is 21.1 Å². The SMILES string of the molecule is [CH-].[CH3-].[CH]N([CH])[CH2-].[V+2].[W]. The Kier molecular flexibility index (Phi) is 105. The predicted octanol–water partition coefficient (Wildman–Crippen LogP) is 1.07. The topological polar surface area (TPSA) is 3.24 Å². The van der Waals surface area contributed by atoms with Gasteiger partial charge in [-0.15, -0.1) is 0 Å². The van der Waals surface area contributed by atoms with Gasteiger partial charge in [0.25, 0.3) is 0 Å². The zero-order valence-corrected chi connectivity index (χ0v) is 9.07. The fraction of sp³-hybridized carbons (Fsp3) is 0. The maximum Gasteiger partial charge on any atom is 2.00 e. The van der Waals surface area contributed by atoms with Crippen LogP contribution in [0.4, 0.5) is 0 Å². The number of hydrogen-bond acceptors (Lipinski definition) is 1. The summed E-state index contributed by atoms with van der Waals surface area (Å²) < 4.78 is 0. The summed E-state index contributed by atoms with van der Waals surface area (Å²) in [6, 6.07) is 0. The molecule has 0 heterocycles. The van der Waals surface area contributed by atoms with Crippen molar-refractivity contribution in [3.63, 3.8) is 0 Å². The van der Waals surface area contributed by atoms with Gasteiger partial charge < -0.3 is 19.8 Å². The molecule has 0 atom stereocenters. The van der Waals surface area contributed by atoms with Crippen molar-refractivity contribution in [2.24, 2.45) is 0 Å². The molecule has 1 nitrogen and oxygen atoms in total. The summed E-state index contributed by atoms with van der Waals surface area (Å²) in [6.45, 7) is 0. The monoisotopic (exact) mass is 317 g/mol. The summed E-state index contributed by atoms with van der Waals surface area (Å²) in [5, 5.41) is 0. The average molecular weight is 317 g/mol. The van der Waals surface area contributed by atoms with E-state index >= 15 is 0 Å². The molecule has 8 heavy (non-hydrogen) atoms. The Labute approximate surface area is 80.4 Å². The maximum absolute atomic E-state index is 4.61. The molecule has 3 heteroatoms. The van der Waals surface area contributed by atoms with Crippen molar-refractivity contribution in [1.29, 1.82) is 0 Å². The first kappa shape index (κ1) is 34.9. The molecular weight excluding hydrogens is 309 g/mol. The summed E-state index contributed by atoms with van der Waals surface area (Å²) in [6.07, 6.45) is 0. The second-order valence-electron chi connectivity index (χ2n) is 0.514. The fourth-order valence-corrected chi connectivity index (χ4v) is 0. The largest absolute Gasteiger partial charge is 2.00 e. The van der Waals surface area contributed by atoms with Gasteiger partial charge in [-0.3, -0.25) is 7.05 Å². The molecule has 0 amide bonds. The molecule has 0 N–H and O–H groups in total. The third-order valence-corrected chi connectivity index (χ3v) is 0. The molecule has 0 aromatic rings. The van der Waals surface area contributed by atoms with E-state index in [-0.39, 0.29) is 54.5 Å². The molecule has 0 bridgehead atoms. The molecule has 0 saturated carbocycles. The summed E-state index contributed by atoms with van der Waals surface area (Å²) in [5.41, 5.74) is 0. The van der Waals surface area contributed by atoms with Gasteiger partial charge in [0.2, 0.25) is 0 Å². The van der Waals surface area contributed by atoms with Crippen molar-refractivity contribution in [2.75, 3.05) is 0 Å². The zero-order valence-electron chi connectivity index (χ0n) is 4.74. The van der Waals surface area contributed by atoms with E-state index in [0.29, 0.717) is 0 Å². The van der Waals surface area contributed by atoms with Crippen LogP contribution in [0.2, 0.25) is 0 Å². The second kappa shape index (κ2) is 24.0. The Bertz CT molecular complexity index is 17.1. The van der Waals surface area contributed by atoms with Gasteiger partial charge in [0.15, 0.2) is 0 Å². The molecule has 0 aliphatic rings. The van der Waals surface area contributed by atoms with E-state index in [1.165, 1.54) is 0 Å². The second-order valence-corrected chi connectivity index (χ2v) is 0.514. The van der Waals surface area contributed by atoms with Gasteiger partial charge in [-0.2, -0.15) is 0 Å². The maximum atomic E-state index is 4.61. The molecule has 45 valence electrons. The Hall–Kier alpha value is 1.23. The van der Waals surface area contributed by atoms with Gasteiger partial charge >= 0.3 is 18.6 Å². The van der Waals surface area contributed by atoms with E-state index < -0.39 is 0 Å². The van der Waals surface area contributed by atoms with Crippen molar-refractivity contribution in [3.05, 3.63) is 36.0 Å². The van der Waals surface area contributed by atoms with Crippen molar-refractivity contribution >= 4 is 0 Å². The van der Waals surface area contributed by atoms with E-state index in [1.54, 1.807) is 0 Å². The summed E-state index contributed by atoms with van der Waals surface area (Å²) >= 11 is 0. The Morgan fingerprint density at radius 3 is 1.25 bits per heavy atom. The van der Waals surface area contributed by atoms with Gasteiger partial charge in [-0.1, -0.05) is 0 Å². The molecular formula is C5H8NVW-. The quantitative estimate of drug-likeness (QED) is 0.477. The number of nitrogens with zero attached hydrogens (tertiary/aromatic N) is 1. The standard InChI is InChI=1S/C3H4N.CH3.CH.V.W/c1-4(2)3;;;;/h1-2H,3H2;1H3;1H;;/q3*-1;+2;. The van der Waals surface area contributed by atoms with Crippen LogP contribution in [0.25, 0.3) is 0 Å². The van der Waals surface area contributed by atoms with Gasteiger partial charge in [0, 0.05) is 35.2 Å². The third kappa shape index (κ3) is 185. The van der Waals surface area contributed by atoms with Crippen LogP contribution in [-0.2, 0) is 39.6 Å². The molecule has 0 aromatic heterocycles. The van der Waals surface area contributed by atoms with Crippen LogP contribution >= 0.6 is 0 Å². The molecule has 0 aliphatic carbocycles. The van der Waals surface area contributed by atoms with Crippen molar-refractivity contribution in [1.82, 2.24) is 4.90 Å². The van der Waals surface area contributed by atoms with E-state index in [4.69, 9.17) is 0 Å². The van der Waals surface area contributed by atoms with Crippen LogP contribution in [0.1, 0.15) is 0 Å². The van der Waals surface area contributed by atoms with Gasteiger partial charge in [0.05, 0.1) is 0 Å². The Morgan fingerprint density at radius 2 is 1.25 bits per heavy atom. The van der Waals surface area contributed by atoms with Crippen LogP contribution < -0.4 is 0 Å². The van der Waals surface area contributed by atoms with Gasteiger partial charge in [0.1, 0.15) is 0 Å². The average Bonchev–Trinajstić information content (AvgIpc) is 0.811. The van der Waals surface area contributed by atoms with Crippen LogP contribution in [-0.4, -0.2) is 4.90 Å². The van der Waals surface area contributed by atoms with E-state index in [0.717, 1.165) is 4.90 Å². The van der Waals surface area contributed by atoms with E-state index in [1.807, 2.05) is 0 Å². The minimum absolute atomic E-state index is 0. The molecule has 0 aromatic carbocycles. The number of hydrogen-bond donors (Lipinski definition) is 0. The molecule has 0 unspecified atom stereocenters. The van der Waals surface area contributed by atoms with Crippen LogP contribution in [0, 0.1) is 36.0 Å². The molecule has 0 rings (SSSR count). The Balaban J connectivity index is -0.00000000750. The molecule has 0 fully saturated rings. The van der Waals surface area contributed by atoms with Crippen molar-refractivity contribution in [2.45, 2.75) is 0 Å². The van der Waals surface area contributed by atoms with Crippen LogP contribution in [0.3, 0.4) is 0 Å². The normalized spacial score (nSPS) is 4.50. The minimum atomic E-state index is 0. The first-order chi connectivity index (χ1) is 1.73. The first-order valence-corrected chi connectivity index (χ1v) is 0.833. The van der Waals surface area contributed by atoms with Gasteiger partial charge in [-0.05, 0) is 0 Å². The zero-order chi connectivity index (χ0) is 3.58. The summed E-state index contributed by atoms with van der Waals surface area (Å²) in [4.78, 5) is 0.750. The molecule has 7 radical (unpaired) electrons. The first-order valence-electron chi connectivity index (χ1n) is 0.833. The third-order valence-electron chi connectivity index (χ3n) is 0. The van der Waals surface area contributed by atoms with Crippen LogP contribution in [0.5, 0.6) is 0 Å². The fourth-order valence-electron chi connectivity index (χ4n) is 0. The summed E-state index contributed by atoms with van der Waals surface area (Å²) in [7, 11) is 12.2. The van der Waals surface area contributed by atoms with E-state index in [9.17, 15) is 0 Å². The summed E-state index contributed by atoms with van der Waals surface area (Å²) in [5.74, 6) is 0. The van der Waals surface area contributed by atoms with Crippen molar-refractivity contribution < 1.29 is 39.6 Å². The Morgan fingerprint density at radius 1 is 1.25 bits per heavy atom. The number of rotatable bonds is 0. The molecule has 0 spiro atoms. The molecule has 0 saturated heterocycles. The molecule has 0 aliphatic heterocycles. The van der Waals surface area contributed by atoms with Gasteiger partial charge in [-0.25, -0.2) is 0 Å². The van der Waals surface area contributed by atoms with Crippen LogP contribution in [0.15, 0.2) is 0 Å².